The second-order valence-corrected chi connectivity index (χ2v) is 6.16. The molecular weight excluding hydrogens is 301 g/mol. The highest BCUT2D eigenvalue weighted by atomic mass is 32.2. The van der Waals surface area contributed by atoms with Crippen LogP contribution in [0.4, 0.5) is 4.39 Å². The first-order valence-corrected chi connectivity index (χ1v) is 7.96. The van der Waals surface area contributed by atoms with Crippen LogP contribution < -0.4 is 5.32 Å². The molecule has 3 nitrogen and oxygen atoms in total. The Balaban J connectivity index is 1.96. The highest BCUT2D eigenvalue weighted by Gasteiger charge is 2.37. The van der Waals surface area contributed by atoms with Gasteiger partial charge in [0.05, 0.1) is 17.0 Å². The van der Waals surface area contributed by atoms with Crippen molar-refractivity contribution in [3.8, 4) is 0 Å². The molecule has 5 heteroatoms. The van der Waals surface area contributed by atoms with E-state index in [0.717, 1.165) is 0 Å². The van der Waals surface area contributed by atoms with Gasteiger partial charge in [0.2, 0.25) is 5.91 Å². The predicted molar refractivity (Wildman–Crippen MR) is 84.3 cm³/mol. The standard InChI is InChI=1S/C17H14FNO2S/c18-13-9-5-4-8-12(13)15-17(22-10-14(20)19-15)16(21)11-6-2-1-3-7-11/h1-9,15,17H,10H2,(H,19,20)/t15-,17+/m1/s1. The van der Waals surface area contributed by atoms with Crippen molar-refractivity contribution in [2.45, 2.75) is 11.3 Å². The van der Waals surface area contributed by atoms with Crippen LogP contribution in [0.15, 0.2) is 54.6 Å². The van der Waals surface area contributed by atoms with E-state index >= 15 is 0 Å². The Morgan fingerprint density at radius 1 is 1.09 bits per heavy atom. The van der Waals surface area contributed by atoms with E-state index in [1.807, 2.05) is 6.07 Å². The molecule has 112 valence electrons. The van der Waals surface area contributed by atoms with E-state index < -0.39 is 17.1 Å². The summed E-state index contributed by atoms with van der Waals surface area (Å²) >= 11 is 1.26. The van der Waals surface area contributed by atoms with Crippen molar-refractivity contribution in [3.05, 3.63) is 71.5 Å². The second kappa shape index (κ2) is 6.32. The van der Waals surface area contributed by atoms with E-state index in [0.29, 0.717) is 11.1 Å². The zero-order chi connectivity index (χ0) is 15.5. The average Bonchev–Trinajstić information content (AvgIpc) is 2.55. The van der Waals surface area contributed by atoms with Crippen molar-refractivity contribution >= 4 is 23.5 Å². The van der Waals surface area contributed by atoms with Gasteiger partial charge in [0.25, 0.3) is 0 Å². The van der Waals surface area contributed by atoms with Crippen molar-refractivity contribution in [2.24, 2.45) is 0 Å². The molecule has 3 rings (SSSR count). The molecule has 1 saturated heterocycles. The number of hydrogen-bond acceptors (Lipinski definition) is 3. The van der Waals surface area contributed by atoms with Gasteiger partial charge in [0, 0.05) is 11.1 Å². The van der Waals surface area contributed by atoms with Crippen molar-refractivity contribution in [1.29, 1.82) is 0 Å². The smallest absolute Gasteiger partial charge is 0.230 e. The van der Waals surface area contributed by atoms with E-state index in [-0.39, 0.29) is 17.4 Å². The Hall–Kier alpha value is -2.14. The summed E-state index contributed by atoms with van der Waals surface area (Å²) in [6.45, 7) is 0. The second-order valence-electron chi connectivity index (χ2n) is 5.03. The lowest BCUT2D eigenvalue weighted by Crippen LogP contribution is -2.44. The number of ketones is 1. The van der Waals surface area contributed by atoms with Gasteiger partial charge in [-0.25, -0.2) is 4.39 Å². The van der Waals surface area contributed by atoms with Gasteiger partial charge in [-0.3, -0.25) is 9.59 Å². The highest BCUT2D eigenvalue weighted by Crippen LogP contribution is 2.33. The van der Waals surface area contributed by atoms with Crippen LogP contribution in [0.3, 0.4) is 0 Å². The van der Waals surface area contributed by atoms with Gasteiger partial charge in [-0.1, -0.05) is 48.5 Å². The minimum Gasteiger partial charge on any atom is -0.347 e. The van der Waals surface area contributed by atoms with Crippen molar-refractivity contribution in [1.82, 2.24) is 5.32 Å². The first-order valence-electron chi connectivity index (χ1n) is 6.91. The molecule has 0 unspecified atom stereocenters. The summed E-state index contributed by atoms with van der Waals surface area (Å²) in [5, 5.41) is 2.22. The molecular formula is C17H14FNO2S. The van der Waals surface area contributed by atoms with Crippen LogP contribution in [0.25, 0.3) is 0 Å². The van der Waals surface area contributed by atoms with Crippen molar-refractivity contribution < 1.29 is 14.0 Å². The third-order valence-electron chi connectivity index (χ3n) is 3.57. The maximum atomic E-state index is 14.1. The van der Waals surface area contributed by atoms with Gasteiger partial charge in [-0.2, -0.15) is 0 Å². The number of halogens is 1. The Labute approximate surface area is 131 Å². The first kappa shape index (κ1) is 14.8. The lowest BCUT2D eigenvalue weighted by molar-refractivity contribution is -0.119. The number of Topliss-reactive ketones (excluding diaryl/α,β-unsaturated/α-hetero) is 1. The summed E-state index contributed by atoms with van der Waals surface area (Å²) in [7, 11) is 0. The summed E-state index contributed by atoms with van der Waals surface area (Å²) in [5.41, 5.74) is 0.912. The molecule has 2 aromatic carbocycles. The van der Waals surface area contributed by atoms with Gasteiger partial charge < -0.3 is 5.32 Å². The Kier molecular flexibility index (Phi) is 4.24. The van der Waals surface area contributed by atoms with E-state index in [9.17, 15) is 14.0 Å². The molecule has 0 bridgehead atoms. The predicted octanol–water partition coefficient (Wildman–Crippen LogP) is 2.98. The molecule has 0 spiro atoms. The fraction of sp³-hybridized carbons (Fsp3) is 0.176. The van der Waals surface area contributed by atoms with Crippen LogP contribution in [0, 0.1) is 5.82 Å². The summed E-state index contributed by atoms with van der Waals surface area (Å²) in [6, 6.07) is 14.5. The summed E-state index contributed by atoms with van der Waals surface area (Å²) in [6.07, 6.45) is 0. The molecule has 0 saturated carbocycles. The zero-order valence-corrected chi connectivity index (χ0v) is 12.5. The summed E-state index contributed by atoms with van der Waals surface area (Å²) < 4.78 is 14.1. The van der Waals surface area contributed by atoms with Crippen LogP contribution in [0.1, 0.15) is 22.0 Å². The summed E-state index contributed by atoms with van der Waals surface area (Å²) in [5.74, 6) is -0.496. The Morgan fingerprint density at radius 3 is 2.50 bits per heavy atom. The molecule has 0 aromatic heterocycles. The third kappa shape index (κ3) is 2.90. The van der Waals surface area contributed by atoms with Crippen molar-refractivity contribution in [3.63, 3.8) is 0 Å². The number of carbonyl (C=O) groups excluding carboxylic acids is 2. The minimum absolute atomic E-state index is 0.0983. The monoisotopic (exact) mass is 315 g/mol. The largest absolute Gasteiger partial charge is 0.347 e. The molecule has 2 aromatic rings. The van der Waals surface area contributed by atoms with E-state index in [1.165, 1.54) is 17.8 Å². The number of hydrogen-bond donors (Lipinski definition) is 1. The Bertz CT molecular complexity index is 705. The van der Waals surface area contributed by atoms with Crippen LogP contribution >= 0.6 is 11.8 Å². The molecule has 1 aliphatic heterocycles. The van der Waals surface area contributed by atoms with Gasteiger partial charge >= 0.3 is 0 Å². The molecule has 2 atom stereocenters. The van der Waals surface area contributed by atoms with Crippen LogP contribution in [0.5, 0.6) is 0 Å². The fourth-order valence-corrected chi connectivity index (χ4v) is 3.62. The quantitative estimate of drug-likeness (QED) is 0.886. The number of rotatable bonds is 3. The average molecular weight is 315 g/mol. The van der Waals surface area contributed by atoms with Crippen LogP contribution in [0.2, 0.25) is 0 Å². The van der Waals surface area contributed by atoms with Gasteiger partial charge in [-0.15, -0.1) is 11.8 Å². The molecule has 1 heterocycles. The lowest BCUT2D eigenvalue weighted by Gasteiger charge is -2.31. The van der Waals surface area contributed by atoms with E-state index in [1.54, 1.807) is 42.5 Å². The molecule has 1 fully saturated rings. The number of carbonyl (C=O) groups is 2. The SMILES string of the molecule is O=C1CS[C@H](C(=O)c2ccccc2)[C@@H](c2ccccc2F)N1. The molecule has 22 heavy (non-hydrogen) atoms. The van der Waals surface area contributed by atoms with E-state index in [2.05, 4.69) is 5.32 Å². The fourth-order valence-electron chi connectivity index (χ4n) is 2.51. The topological polar surface area (TPSA) is 46.2 Å². The first-order chi connectivity index (χ1) is 10.7. The zero-order valence-electron chi connectivity index (χ0n) is 11.7. The minimum atomic E-state index is -0.653. The van der Waals surface area contributed by atoms with Gasteiger partial charge in [-0.05, 0) is 6.07 Å². The maximum absolute atomic E-state index is 14.1. The van der Waals surface area contributed by atoms with E-state index in [4.69, 9.17) is 0 Å². The van der Waals surface area contributed by atoms with Crippen molar-refractivity contribution in [2.75, 3.05) is 5.75 Å². The Morgan fingerprint density at radius 2 is 1.77 bits per heavy atom. The number of thioether (sulfide) groups is 1. The molecule has 1 N–H and O–H groups in total. The van der Waals surface area contributed by atoms with Gasteiger partial charge in [0.15, 0.2) is 5.78 Å². The number of nitrogens with one attached hydrogen (secondary N) is 1. The summed E-state index contributed by atoms with van der Waals surface area (Å²) in [4.78, 5) is 24.4. The molecule has 0 radical (unpaired) electrons. The van der Waals surface area contributed by atoms with Crippen LogP contribution in [-0.2, 0) is 4.79 Å². The molecule has 1 amide bonds. The normalized spacial score (nSPS) is 21.2. The molecule has 0 aliphatic carbocycles. The lowest BCUT2D eigenvalue weighted by atomic mass is 9.96. The number of benzene rings is 2. The highest BCUT2D eigenvalue weighted by molar-refractivity contribution is 8.01. The maximum Gasteiger partial charge on any atom is 0.230 e. The van der Waals surface area contributed by atoms with Crippen LogP contribution in [-0.4, -0.2) is 22.7 Å². The number of amides is 1. The third-order valence-corrected chi connectivity index (χ3v) is 4.84. The van der Waals surface area contributed by atoms with Gasteiger partial charge in [0.1, 0.15) is 5.82 Å². The molecule has 1 aliphatic rings.